The average molecular weight is 489 g/mol. The Morgan fingerprint density at radius 3 is 2.29 bits per heavy atom. The van der Waals surface area contributed by atoms with Crippen LogP contribution in [-0.4, -0.2) is 9.97 Å². The Kier molecular flexibility index (Phi) is 4.28. The molecule has 0 amide bonds. The van der Waals surface area contributed by atoms with Crippen LogP contribution in [0.25, 0.3) is 66.6 Å². The van der Waals surface area contributed by atoms with Crippen molar-refractivity contribution in [1.29, 1.82) is 0 Å². The summed E-state index contributed by atoms with van der Waals surface area (Å²) in [5, 5.41) is 3.48. The van der Waals surface area contributed by atoms with E-state index in [1.54, 1.807) is 0 Å². The summed E-state index contributed by atoms with van der Waals surface area (Å²) in [6.07, 6.45) is 0. The van der Waals surface area contributed by atoms with Crippen LogP contribution >= 0.6 is 0 Å². The van der Waals surface area contributed by atoms with E-state index in [-0.39, 0.29) is 5.41 Å². The highest BCUT2D eigenvalue weighted by Crippen LogP contribution is 2.51. The van der Waals surface area contributed by atoms with Crippen LogP contribution in [0.1, 0.15) is 25.0 Å². The zero-order chi connectivity index (χ0) is 25.4. The van der Waals surface area contributed by atoms with E-state index in [9.17, 15) is 0 Å². The van der Waals surface area contributed by atoms with Crippen LogP contribution in [-0.2, 0) is 5.41 Å². The summed E-state index contributed by atoms with van der Waals surface area (Å²) in [5.74, 6) is 0.704. The second-order valence-corrected chi connectivity index (χ2v) is 10.6. The zero-order valence-electron chi connectivity index (χ0n) is 21.2. The number of nitrogens with zero attached hydrogens (tertiary/aromatic N) is 2. The lowest BCUT2D eigenvalue weighted by Crippen LogP contribution is -2.15. The first kappa shape index (κ1) is 21.3. The SMILES string of the molecule is CC1(C)c2ccccc2-c2ccc3ccc(-c4nc(-c5ccccc5)c5oc6ccccc6c5n4)cc3c21. The molecule has 7 aromatic rings. The Bertz CT molecular complexity index is 2050. The van der Waals surface area contributed by atoms with Crippen LogP contribution in [0.3, 0.4) is 0 Å². The summed E-state index contributed by atoms with van der Waals surface area (Å²) in [5.41, 5.74) is 10.5. The Labute approximate surface area is 220 Å². The molecule has 0 spiro atoms. The Morgan fingerprint density at radius 2 is 1.39 bits per heavy atom. The van der Waals surface area contributed by atoms with Gasteiger partial charge in [-0.15, -0.1) is 0 Å². The van der Waals surface area contributed by atoms with E-state index in [0.29, 0.717) is 5.82 Å². The van der Waals surface area contributed by atoms with E-state index in [0.717, 1.165) is 38.9 Å². The number of rotatable bonds is 2. The fourth-order valence-electron chi connectivity index (χ4n) is 6.27. The van der Waals surface area contributed by atoms with Crippen molar-refractivity contribution in [2.24, 2.45) is 0 Å². The highest BCUT2D eigenvalue weighted by molar-refractivity contribution is 6.07. The van der Waals surface area contributed by atoms with Crippen molar-refractivity contribution in [1.82, 2.24) is 9.97 Å². The maximum Gasteiger partial charge on any atom is 0.180 e. The molecule has 0 fully saturated rings. The fraction of sp³-hybridized carbons (Fsp3) is 0.0857. The Hall–Kier alpha value is -4.76. The summed E-state index contributed by atoms with van der Waals surface area (Å²) >= 11 is 0. The predicted molar refractivity (Wildman–Crippen MR) is 155 cm³/mol. The van der Waals surface area contributed by atoms with E-state index < -0.39 is 0 Å². The van der Waals surface area contributed by atoms with Gasteiger partial charge >= 0.3 is 0 Å². The van der Waals surface area contributed by atoms with Crippen molar-refractivity contribution in [3.8, 4) is 33.8 Å². The van der Waals surface area contributed by atoms with Gasteiger partial charge in [0, 0.05) is 21.9 Å². The average Bonchev–Trinajstić information content (AvgIpc) is 3.45. The number of aromatic nitrogens is 2. The molecule has 1 aliphatic rings. The third-order valence-electron chi connectivity index (χ3n) is 8.06. The van der Waals surface area contributed by atoms with E-state index in [1.807, 2.05) is 36.4 Å². The van der Waals surface area contributed by atoms with Gasteiger partial charge in [0.1, 0.15) is 16.8 Å². The molecular formula is C35H24N2O. The summed E-state index contributed by atoms with van der Waals surface area (Å²) in [4.78, 5) is 10.2. The van der Waals surface area contributed by atoms with Gasteiger partial charge in [-0.05, 0) is 51.2 Å². The van der Waals surface area contributed by atoms with E-state index in [4.69, 9.17) is 14.4 Å². The highest BCUT2D eigenvalue weighted by Gasteiger charge is 2.36. The molecule has 0 radical (unpaired) electrons. The molecule has 0 unspecified atom stereocenters. The van der Waals surface area contributed by atoms with Crippen LogP contribution in [0.4, 0.5) is 0 Å². The van der Waals surface area contributed by atoms with Crippen LogP contribution in [0.2, 0.25) is 0 Å². The Balaban J connectivity index is 1.41. The van der Waals surface area contributed by atoms with Gasteiger partial charge in [-0.25, -0.2) is 9.97 Å². The summed E-state index contributed by atoms with van der Waals surface area (Å²) < 4.78 is 6.30. The molecule has 180 valence electrons. The Morgan fingerprint density at radius 1 is 0.632 bits per heavy atom. The van der Waals surface area contributed by atoms with Gasteiger partial charge in [-0.1, -0.05) is 105 Å². The van der Waals surface area contributed by atoms with Gasteiger partial charge < -0.3 is 4.42 Å². The first-order valence-corrected chi connectivity index (χ1v) is 13.0. The molecule has 0 atom stereocenters. The topological polar surface area (TPSA) is 38.9 Å². The van der Waals surface area contributed by atoms with Crippen molar-refractivity contribution >= 4 is 32.8 Å². The molecule has 0 saturated heterocycles. The first-order chi connectivity index (χ1) is 18.6. The van der Waals surface area contributed by atoms with Gasteiger partial charge in [0.15, 0.2) is 11.4 Å². The number of furan rings is 1. The van der Waals surface area contributed by atoms with Crippen LogP contribution < -0.4 is 0 Å². The van der Waals surface area contributed by atoms with Crippen molar-refractivity contribution in [3.05, 3.63) is 120 Å². The van der Waals surface area contributed by atoms with E-state index in [1.165, 1.54) is 33.0 Å². The van der Waals surface area contributed by atoms with Crippen LogP contribution in [0, 0.1) is 0 Å². The maximum absolute atomic E-state index is 6.30. The van der Waals surface area contributed by atoms with Crippen molar-refractivity contribution < 1.29 is 4.42 Å². The molecule has 3 heteroatoms. The van der Waals surface area contributed by atoms with Gasteiger partial charge in [-0.2, -0.15) is 0 Å². The van der Waals surface area contributed by atoms with Crippen LogP contribution in [0.15, 0.2) is 114 Å². The predicted octanol–water partition coefficient (Wildman–Crippen LogP) is 9.17. The standard InChI is InChI=1S/C35H24N2O/c1-35(2)28-14-8-6-12-24(28)25-19-18-21-16-17-23(20-27(21)30(25)35)34-36-31(22-10-4-3-5-11-22)33-32(37-34)26-13-7-9-15-29(26)38-33/h3-20H,1-2H3. The number of para-hydroxylation sites is 1. The second kappa shape index (κ2) is 7.62. The third kappa shape index (κ3) is 2.90. The fourth-order valence-corrected chi connectivity index (χ4v) is 6.27. The smallest absolute Gasteiger partial charge is 0.180 e. The van der Waals surface area contributed by atoms with Gasteiger partial charge in [-0.3, -0.25) is 0 Å². The second-order valence-electron chi connectivity index (χ2n) is 10.6. The number of benzene rings is 5. The lowest BCUT2D eigenvalue weighted by atomic mass is 9.80. The number of hydrogen-bond acceptors (Lipinski definition) is 3. The minimum absolute atomic E-state index is 0.0924. The molecule has 0 saturated carbocycles. The molecule has 0 N–H and O–H groups in total. The maximum atomic E-state index is 6.30. The van der Waals surface area contributed by atoms with Gasteiger partial charge in [0.05, 0.1) is 0 Å². The molecule has 3 nitrogen and oxygen atoms in total. The molecular weight excluding hydrogens is 464 g/mol. The van der Waals surface area contributed by atoms with Crippen molar-refractivity contribution in [2.75, 3.05) is 0 Å². The van der Waals surface area contributed by atoms with Crippen LogP contribution in [0.5, 0.6) is 0 Å². The van der Waals surface area contributed by atoms with E-state index >= 15 is 0 Å². The number of hydrogen-bond donors (Lipinski definition) is 0. The molecule has 2 heterocycles. The summed E-state index contributed by atoms with van der Waals surface area (Å²) in [6, 6.07) is 38.2. The number of fused-ring (bicyclic) bond motifs is 8. The molecule has 0 aliphatic heterocycles. The molecule has 8 rings (SSSR count). The largest absolute Gasteiger partial charge is 0.452 e. The van der Waals surface area contributed by atoms with Crippen molar-refractivity contribution in [2.45, 2.75) is 19.3 Å². The van der Waals surface area contributed by atoms with E-state index in [2.05, 4.69) is 86.6 Å². The minimum atomic E-state index is -0.0924. The normalized spacial score (nSPS) is 13.7. The quantitative estimate of drug-likeness (QED) is 0.243. The lowest BCUT2D eigenvalue weighted by molar-refractivity contribution is 0.666. The summed E-state index contributed by atoms with van der Waals surface area (Å²) in [7, 11) is 0. The van der Waals surface area contributed by atoms with Gasteiger partial charge in [0.2, 0.25) is 0 Å². The molecule has 1 aliphatic carbocycles. The summed E-state index contributed by atoms with van der Waals surface area (Å²) in [6.45, 7) is 4.66. The first-order valence-electron chi connectivity index (χ1n) is 13.0. The monoisotopic (exact) mass is 488 g/mol. The lowest BCUT2D eigenvalue weighted by Gasteiger charge is -2.23. The highest BCUT2D eigenvalue weighted by atomic mass is 16.3. The molecule has 2 aromatic heterocycles. The molecule has 38 heavy (non-hydrogen) atoms. The molecule has 5 aromatic carbocycles. The third-order valence-corrected chi connectivity index (χ3v) is 8.06. The minimum Gasteiger partial charge on any atom is -0.452 e. The van der Waals surface area contributed by atoms with Crippen molar-refractivity contribution in [3.63, 3.8) is 0 Å². The molecule has 0 bridgehead atoms. The zero-order valence-corrected chi connectivity index (χ0v) is 21.2. The van der Waals surface area contributed by atoms with Gasteiger partial charge in [0.25, 0.3) is 0 Å².